The predicted molar refractivity (Wildman–Crippen MR) is 94.5 cm³/mol. The number of carbonyl (C=O) groups excluding carboxylic acids is 1. The van der Waals surface area contributed by atoms with Crippen molar-refractivity contribution < 1.29 is 23.8 Å². The summed E-state index contributed by atoms with van der Waals surface area (Å²) in [6.45, 7) is -1.05. The topological polar surface area (TPSA) is 65.7 Å². The Morgan fingerprint density at radius 1 is 1.26 bits per heavy atom. The van der Waals surface area contributed by atoms with E-state index in [0.717, 1.165) is 5.56 Å². The molecule has 2 fully saturated rings. The van der Waals surface area contributed by atoms with E-state index >= 15 is 0 Å². The van der Waals surface area contributed by atoms with Crippen molar-refractivity contribution in [2.45, 2.75) is 25.5 Å². The van der Waals surface area contributed by atoms with Crippen LogP contribution < -0.4 is 0 Å². The van der Waals surface area contributed by atoms with E-state index in [1.54, 1.807) is 0 Å². The average Bonchev–Trinajstić information content (AvgIpc) is 2.92. The van der Waals surface area contributed by atoms with E-state index in [1.165, 1.54) is 24.0 Å². The first kappa shape index (κ1) is 18.1. The number of aliphatic hydroxyl groups excluding tert-OH is 2. The molecule has 1 aliphatic heterocycles. The van der Waals surface area contributed by atoms with Gasteiger partial charge in [0.25, 0.3) is 5.91 Å². The number of hydrogen-bond donors (Lipinski definition) is 2. The van der Waals surface area contributed by atoms with Crippen molar-refractivity contribution in [3.05, 3.63) is 59.4 Å². The maximum Gasteiger partial charge on any atom is 0.319 e. The maximum atomic E-state index is 13.3. The first-order chi connectivity index (χ1) is 12.9. The van der Waals surface area contributed by atoms with Crippen LogP contribution in [0.1, 0.15) is 34.2 Å². The van der Waals surface area contributed by atoms with Crippen molar-refractivity contribution >= 4 is 5.91 Å². The second kappa shape index (κ2) is 6.42. The molecule has 27 heavy (non-hydrogen) atoms. The fourth-order valence-electron chi connectivity index (χ4n) is 4.87. The third-order valence-electron chi connectivity index (χ3n) is 6.22. The third-order valence-corrected chi connectivity index (χ3v) is 6.22. The van der Waals surface area contributed by atoms with Gasteiger partial charge in [0, 0.05) is 30.8 Å². The lowest BCUT2D eigenvalue weighted by atomic mass is 9.95. The zero-order valence-electron chi connectivity index (χ0n) is 14.9. The Morgan fingerprint density at radius 3 is 2.59 bits per heavy atom. The number of β-amino-alcohol motifs (C(OH)–C–C–N with tert-alkyl or cyclic N) is 1. The molecule has 1 saturated carbocycles. The highest BCUT2D eigenvalue weighted by Gasteiger charge is 2.71. The molecule has 0 radical (unpaired) electrons. The van der Waals surface area contributed by atoms with Gasteiger partial charge in [-0.15, -0.1) is 0 Å². The molecule has 2 aliphatic rings. The Labute approximate surface area is 155 Å². The minimum atomic E-state index is -2.80. The SMILES string of the molecule is Cc1ccc(C(=O)N2C[C@H](O)[C@@]3(C2)[C@H](CO)[C@H]3c2ccccc2)n1C(F)F. The van der Waals surface area contributed by atoms with Gasteiger partial charge in [0.2, 0.25) is 0 Å². The van der Waals surface area contributed by atoms with Gasteiger partial charge in [0.1, 0.15) is 5.69 Å². The molecule has 0 unspecified atom stereocenters. The molecule has 2 aromatic rings. The molecule has 0 bridgehead atoms. The number of rotatable bonds is 4. The number of benzene rings is 1. The number of amides is 1. The zero-order chi connectivity index (χ0) is 19.3. The summed E-state index contributed by atoms with van der Waals surface area (Å²) >= 11 is 0. The first-order valence-corrected chi connectivity index (χ1v) is 9.01. The van der Waals surface area contributed by atoms with Crippen molar-refractivity contribution in [2.24, 2.45) is 11.3 Å². The number of carbonyl (C=O) groups is 1. The summed E-state index contributed by atoms with van der Waals surface area (Å²) in [6, 6.07) is 12.5. The molecule has 1 spiro atoms. The summed E-state index contributed by atoms with van der Waals surface area (Å²) < 4.78 is 27.4. The Balaban J connectivity index is 1.61. The summed E-state index contributed by atoms with van der Waals surface area (Å²) in [4.78, 5) is 14.3. The van der Waals surface area contributed by atoms with Crippen molar-refractivity contribution in [3.8, 4) is 0 Å². The first-order valence-electron chi connectivity index (χ1n) is 9.01. The molecular formula is C20H22F2N2O3. The van der Waals surface area contributed by atoms with Gasteiger partial charge in [0.05, 0.1) is 6.10 Å². The Bertz CT molecular complexity index is 854. The number of likely N-dealkylation sites (tertiary alicyclic amines) is 1. The summed E-state index contributed by atoms with van der Waals surface area (Å²) in [5.41, 5.74) is 0.619. The van der Waals surface area contributed by atoms with Crippen LogP contribution in [0.2, 0.25) is 0 Å². The van der Waals surface area contributed by atoms with Crippen LogP contribution in [0.5, 0.6) is 0 Å². The minimum absolute atomic E-state index is 0.0554. The van der Waals surface area contributed by atoms with E-state index in [0.29, 0.717) is 10.3 Å². The number of aryl methyl sites for hydroxylation is 1. The molecule has 1 aromatic heterocycles. The summed E-state index contributed by atoms with van der Waals surface area (Å²) in [5, 5.41) is 20.6. The van der Waals surface area contributed by atoms with Crippen molar-refractivity contribution in [1.29, 1.82) is 0 Å². The van der Waals surface area contributed by atoms with Crippen LogP contribution in [0, 0.1) is 18.3 Å². The molecule has 2 N–H and O–H groups in total. The van der Waals surface area contributed by atoms with Gasteiger partial charge < -0.3 is 15.1 Å². The molecule has 2 heterocycles. The van der Waals surface area contributed by atoms with Crippen LogP contribution in [0.4, 0.5) is 8.78 Å². The van der Waals surface area contributed by atoms with Gasteiger partial charge in [-0.1, -0.05) is 30.3 Å². The number of halogens is 2. The Hall–Kier alpha value is -2.25. The summed E-state index contributed by atoms with van der Waals surface area (Å²) in [6.07, 6.45) is -0.806. The fourth-order valence-corrected chi connectivity index (χ4v) is 4.87. The highest BCUT2D eigenvalue weighted by atomic mass is 19.3. The van der Waals surface area contributed by atoms with Crippen LogP contribution in [-0.4, -0.2) is 51.4 Å². The zero-order valence-corrected chi connectivity index (χ0v) is 14.9. The molecule has 5 nitrogen and oxygen atoms in total. The Morgan fingerprint density at radius 2 is 1.96 bits per heavy atom. The molecule has 1 aliphatic carbocycles. The van der Waals surface area contributed by atoms with Crippen LogP contribution >= 0.6 is 0 Å². The van der Waals surface area contributed by atoms with Crippen LogP contribution in [0.15, 0.2) is 42.5 Å². The normalized spacial score (nSPS) is 29.7. The van der Waals surface area contributed by atoms with Gasteiger partial charge in [-0.05, 0) is 36.5 Å². The molecule has 7 heteroatoms. The number of nitrogens with zero attached hydrogens (tertiary/aromatic N) is 2. The monoisotopic (exact) mass is 376 g/mol. The van der Waals surface area contributed by atoms with Gasteiger partial charge >= 0.3 is 6.55 Å². The lowest BCUT2D eigenvalue weighted by molar-refractivity contribution is 0.0558. The van der Waals surface area contributed by atoms with Gasteiger partial charge in [-0.2, -0.15) is 8.78 Å². The van der Waals surface area contributed by atoms with E-state index in [2.05, 4.69) is 0 Å². The van der Waals surface area contributed by atoms with Crippen molar-refractivity contribution in [1.82, 2.24) is 9.47 Å². The molecule has 1 saturated heterocycles. The second-order valence-corrected chi connectivity index (χ2v) is 7.50. The van der Waals surface area contributed by atoms with Crippen molar-refractivity contribution in [2.75, 3.05) is 19.7 Å². The second-order valence-electron chi connectivity index (χ2n) is 7.50. The number of aromatic nitrogens is 1. The van der Waals surface area contributed by atoms with Crippen LogP contribution in [-0.2, 0) is 0 Å². The van der Waals surface area contributed by atoms with E-state index in [9.17, 15) is 23.8 Å². The van der Waals surface area contributed by atoms with E-state index in [4.69, 9.17) is 0 Å². The van der Waals surface area contributed by atoms with Crippen LogP contribution in [0.3, 0.4) is 0 Å². The van der Waals surface area contributed by atoms with E-state index in [-0.39, 0.29) is 37.2 Å². The quantitative estimate of drug-likeness (QED) is 0.861. The molecule has 144 valence electrons. The largest absolute Gasteiger partial charge is 0.396 e. The van der Waals surface area contributed by atoms with Crippen molar-refractivity contribution in [3.63, 3.8) is 0 Å². The van der Waals surface area contributed by atoms with Gasteiger partial charge in [-0.3, -0.25) is 9.36 Å². The molecule has 1 aromatic carbocycles. The van der Waals surface area contributed by atoms with Gasteiger partial charge in [-0.25, -0.2) is 0 Å². The fraction of sp³-hybridized carbons (Fsp3) is 0.450. The molecular weight excluding hydrogens is 354 g/mol. The smallest absolute Gasteiger partial charge is 0.319 e. The number of alkyl halides is 2. The molecule has 4 atom stereocenters. The average molecular weight is 376 g/mol. The highest BCUT2D eigenvalue weighted by molar-refractivity contribution is 5.93. The van der Waals surface area contributed by atoms with Crippen LogP contribution in [0.25, 0.3) is 0 Å². The molecule has 1 amide bonds. The summed E-state index contributed by atoms with van der Waals surface area (Å²) in [7, 11) is 0. The van der Waals surface area contributed by atoms with E-state index in [1.807, 2.05) is 30.3 Å². The minimum Gasteiger partial charge on any atom is -0.396 e. The number of hydrogen-bond acceptors (Lipinski definition) is 3. The lowest BCUT2D eigenvalue weighted by Gasteiger charge is -2.18. The lowest BCUT2D eigenvalue weighted by Crippen LogP contribution is -2.31. The molecule has 4 rings (SSSR count). The maximum absolute atomic E-state index is 13.3. The highest BCUT2D eigenvalue weighted by Crippen LogP contribution is 2.68. The third kappa shape index (κ3) is 2.60. The van der Waals surface area contributed by atoms with E-state index < -0.39 is 24.0 Å². The standard InChI is InChI=1S/C20H22F2N2O3/c1-12-7-8-15(24(12)19(21)22)18(27)23-9-16(26)20(11-23)14(10-25)17(20)13-5-3-2-4-6-13/h2-8,14,16-17,19,25-26H,9-11H2,1H3/t14-,16+,17-,20-/m1/s1. The summed E-state index contributed by atoms with van der Waals surface area (Å²) in [5.74, 6) is -0.730. The van der Waals surface area contributed by atoms with Gasteiger partial charge in [0.15, 0.2) is 0 Å². The predicted octanol–water partition coefficient (Wildman–Crippen LogP) is 2.40. The Kier molecular flexibility index (Phi) is 4.31. The number of aliphatic hydroxyl groups is 2.